The number of carbonyl (C=O) groups is 3. The highest BCUT2D eigenvalue weighted by molar-refractivity contribution is 6.44. The molecule has 0 atom stereocenters. The van der Waals surface area contributed by atoms with Crippen molar-refractivity contribution in [2.75, 3.05) is 44.3 Å². The molecule has 1 aromatic rings. The number of carbonyl (C=O) groups excluding carboxylic acids is 3. The van der Waals surface area contributed by atoms with Crippen molar-refractivity contribution in [1.29, 1.82) is 0 Å². The number of nitrogens with zero attached hydrogens (tertiary/aromatic N) is 3. The van der Waals surface area contributed by atoms with Gasteiger partial charge in [-0.15, -0.1) is 0 Å². The van der Waals surface area contributed by atoms with Crippen molar-refractivity contribution in [1.82, 2.24) is 9.80 Å². The van der Waals surface area contributed by atoms with E-state index >= 15 is 0 Å². The van der Waals surface area contributed by atoms with Gasteiger partial charge >= 0.3 is 17.8 Å². The van der Waals surface area contributed by atoms with E-state index in [2.05, 4.69) is 16.0 Å². The van der Waals surface area contributed by atoms with Crippen LogP contribution in [0.1, 0.15) is 32.1 Å². The smallest absolute Gasteiger partial charge is 0.338 e. The third kappa shape index (κ3) is 4.32. The lowest BCUT2D eigenvalue weighted by Gasteiger charge is -2.34. The van der Waals surface area contributed by atoms with Crippen LogP contribution >= 0.6 is 0 Å². The summed E-state index contributed by atoms with van der Waals surface area (Å²) >= 11 is 0. The van der Waals surface area contributed by atoms with Crippen LogP contribution in [0.3, 0.4) is 0 Å². The number of piperazine rings is 1. The minimum Gasteiger partial charge on any atom is -0.360 e. The normalized spacial score (nSPS) is 21.2. The highest BCUT2D eigenvalue weighted by atomic mass is 16.2. The van der Waals surface area contributed by atoms with Crippen LogP contribution in [0, 0.1) is 0 Å². The maximum Gasteiger partial charge on any atom is 0.338 e. The zero-order chi connectivity index (χ0) is 20.2. The number of pyridine rings is 1. The summed E-state index contributed by atoms with van der Waals surface area (Å²) in [5.41, 5.74) is 2.46. The Morgan fingerprint density at radius 2 is 1.69 bits per heavy atom. The van der Waals surface area contributed by atoms with E-state index in [1.807, 2.05) is 24.5 Å². The number of nitrogens with one attached hydrogen (secondary N) is 2. The monoisotopic (exact) mass is 399 g/mol. The van der Waals surface area contributed by atoms with E-state index in [9.17, 15) is 14.4 Å². The summed E-state index contributed by atoms with van der Waals surface area (Å²) in [7, 11) is 0. The van der Waals surface area contributed by atoms with Crippen molar-refractivity contribution < 1.29 is 24.3 Å². The van der Waals surface area contributed by atoms with Gasteiger partial charge in [0, 0.05) is 24.4 Å². The van der Waals surface area contributed by atoms with Crippen LogP contribution in [0.5, 0.6) is 0 Å². The Morgan fingerprint density at radius 1 is 0.966 bits per heavy atom. The Labute approximate surface area is 170 Å². The average molecular weight is 399 g/mol. The number of aromatic amines is 1. The van der Waals surface area contributed by atoms with Gasteiger partial charge in [0.1, 0.15) is 0 Å². The number of anilines is 1. The number of urea groups is 1. The molecule has 2 aliphatic heterocycles. The summed E-state index contributed by atoms with van der Waals surface area (Å²) in [6.45, 7) is 3.90. The van der Waals surface area contributed by atoms with Crippen molar-refractivity contribution >= 4 is 23.5 Å². The number of amides is 4. The van der Waals surface area contributed by atoms with Gasteiger partial charge in [-0.2, -0.15) is 0 Å². The molecule has 29 heavy (non-hydrogen) atoms. The summed E-state index contributed by atoms with van der Waals surface area (Å²) in [6.07, 6.45) is 11.2. The van der Waals surface area contributed by atoms with Gasteiger partial charge in [-0.3, -0.25) is 14.5 Å². The van der Waals surface area contributed by atoms with Crippen LogP contribution in [0.4, 0.5) is 10.5 Å². The number of imide groups is 2. The van der Waals surface area contributed by atoms with E-state index < -0.39 is 17.8 Å². The summed E-state index contributed by atoms with van der Waals surface area (Å²) in [4.78, 5) is 46.2. The highest BCUT2D eigenvalue weighted by Gasteiger charge is 2.46. The molecule has 2 N–H and O–H groups in total. The van der Waals surface area contributed by atoms with Gasteiger partial charge in [0.25, 0.3) is 0 Å². The molecule has 8 heteroatoms. The number of aromatic nitrogens is 1. The first-order chi connectivity index (χ1) is 14.1. The van der Waals surface area contributed by atoms with Gasteiger partial charge in [0.15, 0.2) is 19.1 Å². The van der Waals surface area contributed by atoms with Crippen molar-refractivity contribution in [3.8, 4) is 0 Å². The number of hydrogen-bond acceptors (Lipinski definition) is 4. The molecule has 0 aromatic carbocycles. The zero-order valence-electron chi connectivity index (χ0n) is 16.7. The quantitative estimate of drug-likeness (QED) is 0.410. The summed E-state index contributed by atoms with van der Waals surface area (Å²) in [5, 5.41) is 0. The molecule has 0 saturated carbocycles. The Morgan fingerprint density at radius 3 is 2.38 bits per heavy atom. The molecular weight excluding hydrogens is 370 g/mol. The Kier molecular flexibility index (Phi) is 5.89. The SMILES string of the molecule is O=C1C(=O)N(C[NH+]2CCN(c3cc[nH+]cc3)CC2)C(=O)N1CCC1=CCCCC1. The lowest BCUT2D eigenvalue weighted by Crippen LogP contribution is -3.16. The standard InChI is InChI=1S/C21H27N5O3/c27-19-20(28)26(21(29)25(19)11-8-17-4-2-1-3-5-17)16-23-12-14-24(15-13-23)18-6-9-22-10-7-18/h4,6-7,9-10H,1-3,5,8,11-16H2/p+2. The molecule has 0 spiro atoms. The largest absolute Gasteiger partial charge is 0.360 e. The van der Waals surface area contributed by atoms with E-state index in [0.717, 1.165) is 65.8 Å². The first-order valence-corrected chi connectivity index (χ1v) is 10.5. The number of H-pyrrole nitrogens is 1. The zero-order valence-corrected chi connectivity index (χ0v) is 16.7. The Balaban J connectivity index is 1.31. The molecule has 1 aromatic heterocycles. The maximum absolute atomic E-state index is 12.7. The molecule has 0 unspecified atom stereocenters. The van der Waals surface area contributed by atoms with Crippen LogP contribution < -0.4 is 14.8 Å². The topological polar surface area (TPSA) is 79.5 Å². The molecule has 4 rings (SSSR count). The predicted octanol–water partition coefficient (Wildman–Crippen LogP) is -0.156. The van der Waals surface area contributed by atoms with Gasteiger partial charge in [-0.05, 0) is 32.1 Å². The predicted molar refractivity (Wildman–Crippen MR) is 106 cm³/mol. The molecule has 0 radical (unpaired) electrons. The second-order valence-corrected chi connectivity index (χ2v) is 7.98. The number of rotatable bonds is 6. The fourth-order valence-electron chi connectivity index (χ4n) is 4.33. The van der Waals surface area contributed by atoms with Crippen LogP contribution in [0.15, 0.2) is 36.2 Å². The van der Waals surface area contributed by atoms with Crippen LogP contribution in [0.25, 0.3) is 0 Å². The molecule has 154 valence electrons. The first-order valence-electron chi connectivity index (χ1n) is 10.5. The number of allylic oxidation sites excluding steroid dienone is 1. The molecule has 8 nitrogen and oxygen atoms in total. The molecule has 2 fully saturated rings. The van der Waals surface area contributed by atoms with Gasteiger partial charge < -0.3 is 9.80 Å². The van der Waals surface area contributed by atoms with E-state index in [1.165, 1.54) is 12.0 Å². The van der Waals surface area contributed by atoms with E-state index in [-0.39, 0.29) is 6.67 Å². The average Bonchev–Trinajstić information content (AvgIpc) is 2.97. The summed E-state index contributed by atoms with van der Waals surface area (Å²) in [6, 6.07) is 3.62. The molecule has 0 bridgehead atoms. The fourth-order valence-corrected chi connectivity index (χ4v) is 4.33. The molecule has 1 aliphatic carbocycles. The second kappa shape index (κ2) is 8.73. The van der Waals surface area contributed by atoms with Gasteiger partial charge in [-0.1, -0.05) is 11.6 Å². The molecule has 3 aliphatic rings. The Hall–Kier alpha value is -2.74. The lowest BCUT2D eigenvalue weighted by molar-refractivity contribution is -0.907. The second-order valence-electron chi connectivity index (χ2n) is 7.98. The summed E-state index contributed by atoms with van der Waals surface area (Å²) < 4.78 is 0. The Bertz CT molecular complexity index is 802. The molecule has 4 amide bonds. The van der Waals surface area contributed by atoms with Crippen molar-refractivity contribution in [3.63, 3.8) is 0 Å². The van der Waals surface area contributed by atoms with Crippen LogP contribution in [-0.2, 0) is 9.59 Å². The fraction of sp³-hybridized carbons (Fsp3) is 0.524. The van der Waals surface area contributed by atoms with Crippen molar-refractivity contribution in [2.45, 2.75) is 32.1 Å². The van der Waals surface area contributed by atoms with Crippen LogP contribution in [0.2, 0.25) is 0 Å². The van der Waals surface area contributed by atoms with Crippen molar-refractivity contribution in [2.24, 2.45) is 0 Å². The molecule has 2 saturated heterocycles. The number of quaternary nitrogens is 1. The third-order valence-corrected chi connectivity index (χ3v) is 6.09. The highest BCUT2D eigenvalue weighted by Crippen LogP contribution is 2.21. The molecular formula is C21H29N5O3+2. The minimum absolute atomic E-state index is 0.263. The first kappa shape index (κ1) is 19.6. The third-order valence-electron chi connectivity index (χ3n) is 6.09. The summed E-state index contributed by atoms with van der Waals surface area (Å²) in [5.74, 6) is -1.36. The van der Waals surface area contributed by atoms with Gasteiger partial charge in [0.05, 0.1) is 26.2 Å². The van der Waals surface area contributed by atoms with Gasteiger partial charge in [-0.25, -0.2) is 14.7 Å². The lowest BCUT2D eigenvalue weighted by atomic mass is 9.97. The van der Waals surface area contributed by atoms with Crippen LogP contribution in [-0.4, -0.2) is 67.0 Å². The van der Waals surface area contributed by atoms with Gasteiger partial charge in [0.2, 0.25) is 0 Å². The molecule has 3 heterocycles. The minimum atomic E-state index is -0.679. The van der Waals surface area contributed by atoms with E-state index in [4.69, 9.17) is 0 Å². The number of hydrogen-bond donors (Lipinski definition) is 1. The van der Waals surface area contributed by atoms with E-state index in [0.29, 0.717) is 13.0 Å². The van der Waals surface area contributed by atoms with E-state index in [1.54, 1.807) is 0 Å². The van der Waals surface area contributed by atoms with Crippen molar-refractivity contribution in [3.05, 3.63) is 36.2 Å². The maximum atomic E-state index is 12.7.